The average Bonchev–Trinajstić information content (AvgIpc) is 3.31. The molecule has 2 amide bonds. The van der Waals surface area contributed by atoms with E-state index < -0.39 is 18.5 Å². The zero-order chi connectivity index (χ0) is 26.5. The lowest BCUT2D eigenvalue weighted by molar-refractivity contribution is -0.0525. The molecule has 2 N–H and O–H groups in total. The summed E-state index contributed by atoms with van der Waals surface area (Å²) < 4.78 is 41.0. The topological polar surface area (TPSA) is 110 Å². The summed E-state index contributed by atoms with van der Waals surface area (Å²) in [6, 6.07) is 11.3. The molecule has 1 fully saturated rings. The Morgan fingerprint density at radius 1 is 1.16 bits per heavy atom. The molecule has 198 valence electrons. The number of anilines is 2. The Labute approximate surface area is 212 Å². The Kier molecular flexibility index (Phi) is 8.10. The zero-order valence-electron chi connectivity index (χ0n) is 20.9. The van der Waals surface area contributed by atoms with E-state index in [1.54, 1.807) is 4.90 Å². The maximum absolute atomic E-state index is 13.8. The van der Waals surface area contributed by atoms with Gasteiger partial charge in [0.05, 0.1) is 7.11 Å². The first kappa shape index (κ1) is 26.2. The lowest BCUT2D eigenvalue weighted by atomic mass is 9.83. The standard InChI is InChI=1S/C26H30F2N4O5/c1-15(2)18-6-4-5-7-20(18)32(17-10-8-16(9-11-17)21-14-22(33)31-37-21)26(34)29-19-12-13-23(35-3)30-24(19)36-25(27)28/h4-7,12-17,25H,8-11H2,1-3H3,(H,29,34)(H,31,33). The molecule has 0 bridgehead atoms. The minimum Gasteiger partial charge on any atom is -0.481 e. The maximum Gasteiger partial charge on any atom is 0.388 e. The number of halogens is 2. The number of benzene rings is 1. The van der Waals surface area contributed by atoms with Crippen LogP contribution in [0.25, 0.3) is 0 Å². The van der Waals surface area contributed by atoms with Crippen LogP contribution in [0.2, 0.25) is 0 Å². The van der Waals surface area contributed by atoms with Gasteiger partial charge in [-0.05, 0) is 49.3 Å². The van der Waals surface area contributed by atoms with Crippen LogP contribution in [-0.4, -0.2) is 35.9 Å². The van der Waals surface area contributed by atoms with E-state index >= 15 is 0 Å². The van der Waals surface area contributed by atoms with E-state index in [0.29, 0.717) is 31.4 Å². The number of hydrogen-bond donors (Lipinski definition) is 2. The number of rotatable bonds is 8. The Bertz CT molecular complexity index is 1270. The van der Waals surface area contributed by atoms with Crippen LogP contribution in [0.4, 0.5) is 25.0 Å². The van der Waals surface area contributed by atoms with Gasteiger partial charge in [0.1, 0.15) is 11.4 Å². The van der Waals surface area contributed by atoms with Crippen LogP contribution >= 0.6 is 0 Å². The lowest BCUT2D eigenvalue weighted by Gasteiger charge is -2.37. The van der Waals surface area contributed by atoms with E-state index in [0.717, 1.165) is 11.3 Å². The normalized spacial score (nSPS) is 17.6. The Morgan fingerprint density at radius 2 is 1.89 bits per heavy atom. The van der Waals surface area contributed by atoms with E-state index in [9.17, 15) is 18.4 Å². The van der Waals surface area contributed by atoms with Crippen LogP contribution in [0, 0.1) is 0 Å². The number of ether oxygens (including phenoxy) is 2. The van der Waals surface area contributed by atoms with Gasteiger partial charge in [-0.3, -0.25) is 9.69 Å². The van der Waals surface area contributed by atoms with Crippen molar-refractivity contribution in [2.75, 3.05) is 17.3 Å². The molecular weight excluding hydrogens is 486 g/mol. The van der Waals surface area contributed by atoms with Crippen LogP contribution in [0.3, 0.4) is 0 Å². The van der Waals surface area contributed by atoms with Crippen molar-refractivity contribution in [3.63, 3.8) is 0 Å². The highest BCUT2D eigenvalue weighted by Crippen LogP contribution is 2.38. The second kappa shape index (κ2) is 11.4. The minimum absolute atomic E-state index is 0.000844. The largest absolute Gasteiger partial charge is 0.481 e. The van der Waals surface area contributed by atoms with E-state index in [1.807, 2.05) is 38.1 Å². The third-order valence-electron chi connectivity index (χ3n) is 6.53. The summed E-state index contributed by atoms with van der Waals surface area (Å²) in [5.74, 6) is 0.450. The fraction of sp³-hybridized carbons (Fsp3) is 0.423. The molecule has 2 heterocycles. The number of nitrogens with zero attached hydrogens (tertiary/aromatic N) is 2. The summed E-state index contributed by atoms with van der Waals surface area (Å²) in [6.07, 6.45) is 2.73. The highest BCUT2D eigenvalue weighted by atomic mass is 19.3. The first-order valence-corrected chi connectivity index (χ1v) is 12.1. The molecule has 4 rings (SSSR count). The number of pyridine rings is 1. The fourth-order valence-electron chi connectivity index (χ4n) is 4.77. The molecule has 2 aromatic heterocycles. The molecule has 0 unspecified atom stereocenters. The molecule has 3 aromatic rings. The molecule has 1 aliphatic carbocycles. The summed E-state index contributed by atoms with van der Waals surface area (Å²) in [6.45, 7) is 0.959. The van der Waals surface area contributed by atoms with Crippen molar-refractivity contribution in [3.05, 3.63) is 64.1 Å². The summed E-state index contributed by atoms with van der Waals surface area (Å²) in [5.41, 5.74) is 1.44. The molecule has 0 radical (unpaired) electrons. The van der Waals surface area contributed by atoms with E-state index in [2.05, 4.69) is 20.2 Å². The predicted octanol–water partition coefficient (Wildman–Crippen LogP) is 5.86. The van der Waals surface area contributed by atoms with Crippen LogP contribution in [0.5, 0.6) is 11.8 Å². The molecule has 1 aromatic carbocycles. The third kappa shape index (κ3) is 6.10. The van der Waals surface area contributed by atoms with Crippen LogP contribution in [-0.2, 0) is 0 Å². The summed E-state index contributed by atoms with van der Waals surface area (Å²) >= 11 is 0. The van der Waals surface area contributed by atoms with Gasteiger partial charge in [0.2, 0.25) is 11.8 Å². The number of amides is 2. The fourth-order valence-corrected chi connectivity index (χ4v) is 4.77. The number of aromatic nitrogens is 2. The minimum atomic E-state index is -3.13. The molecule has 9 nitrogen and oxygen atoms in total. The van der Waals surface area contributed by atoms with Gasteiger partial charge in [-0.1, -0.05) is 32.0 Å². The van der Waals surface area contributed by atoms with Crippen molar-refractivity contribution < 1.29 is 27.6 Å². The molecule has 37 heavy (non-hydrogen) atoms. The van der Waals surface area contributed by atoms with E-state index in [-0.39, 0.29) is 35.0 Å². The number of para-hydroxylation sites is 1. The number of urea groups is 1. The monoisotopic (exact) mass is 516 g/mol. The van der Waals surface area contributed by atoms with Gasteiger partial charge in [-0.25, -0.2) is 4.79 Å². The van der Waals surface area contributed by atoms with Gasteiger partial charge in [0, 0.05) is 29.8 Å². The van der Waals surface area contributed by atoms with Gasteiger partial charge >= 0.3 is 12.6 Å². The van der Waals surface area contributed by atoms with Gasteiger partial charge in [0.25, 0.3) is 5.56 Å². The Hall–Kier alpha value is -3.89. The average molecular weight is 517 g/mol. The van der Waals surface area contributed by atoms with Crippen molar-refractivity contribution in [2.24, 2.45) is 0 Å². The molecular formula is C26H30F2N4O5. The maximum atomic E-state index is 13.8. The summed E-state index contributed by atoms with van der Waals surface area (Å²) in [7, 11) is 1.35. The quantitative estimate of drug-likeness (QED) is 0.388. The number of hydrogen-bond acceptors (Lipinski definition) is 6. The van der Waals surface area contributed by atoms with E-state index in [4.69, 9.17) is 9.26 Å². The second-order valence-corrected chi connectivity index (χ2v) is 9.22. The van der Waals surface area contributed by atoms with Crippen LogP contribution in [0.1, 0.15) is 62.7 Å². The van der Waals surface area contributed by atoms with Crippen molar-refractivity contribution in [2.45, 2.75) is 64.0 Å². The second-order valence-electron chi connectivity index (χ2n) is 9.22. The number of carbonyl (C=O) groups is 1. The Morgan fingerprint density at radius 3 is 2.51 bits per heavy atom. The van der Waals surface area contributed by atoms with Crippen LogP contribution in [0.15, 0.2) is 51.8 Å². The lowest BCUT2D eigenvalue weighted by Crippen LogP contribution is -2.45. The molecule has 11 heteroatoms. The highest BCUT2D eigenvalue weighted by Gasteiger charge is 2.33. The molecule has 0 aliphatic heterocycles. The smallest absolute Gasteiger partial charge is 0.388 e. The summed E-state index contributed by atoms with van der Waals surface area (Å²) in [5, 5.41) is 5.05. The van der Waals surface area contributed by atoms with Gasteiger partial charge in [-0.2, -0.15) is 18.9 Å². The van der Waals surface area contributed by atoms with Crippen molar-refractivity contribution in [1.29, 1.82) is 0 Å². The van der Waals surface area contributed by atoms with Crippen molar-refractivity contribution in [1.82, 2.24) is 10.1 Å². The predicted molar refractivity (Wildman–Crippen MR) is 134 cm³/mol. The molecule has 0 saturated heterocycles. The van der Waals surface area contributed by atoms with Gasteiger partial charge < -0.3 is 19.3 Å². The molecule has 0 spiro atoms. The SMILES string of the molecule is COc1ccc(NC(=O)N(c2ccccc2C(C)C)C2CCC(c3cc(=O)[nH]o3)CC2)c(OC(F)F)n1. The molecule has 0 atom stereocenters. The number of nitrogens with one attached hydrogen (secondary N) is 2. The van der Waals surface area contributed by atoms with E-state index in [1.165, 1.54) is 25.3 Å². The number of carbonyl (C=O) groups excluding carboxylic acids is 1. The number of aromatic amines is 1. The van der Waals surface area contributed by atoms with Crippen LogP contribution < -0.4 is 25.2 Å². The first-order valence-electron chi connectivity index (χ1n) is 12.1. The first-order chi connectivity index (χ1) is 17.8. The molecule has 1 aliphatic rings. The Balaban J connectivity index is 1.64. The number of alkyl halides is 2. The number of methoxy groups -OCH3 is 1. The zero-order valence-corrected chi connectivity index (χ0v) is 20.9. The van der Waals surface area contributed by atoms with Crippen molar-refractivity contribution >= 4 is 17.4 Å². The summed E-state index contributed by atoms with van der Waals surface area (Å²) in [4.78, 5) is 30.9. The van der Waals surface area contributed by atoms with Crippen molar-refractivity contribution in [3.8, 4) is 11.8 Å². The number of H-pyrrole nitrogens is 1. The van der Waals surface area contributed by atoms with Gasteiger partial charge in [0.15, 0.2) is 0 Å². The third-order valence-corrected chi connectivity index (χ3v) is 6.53. The molecule has 1 saturated carbocycles. The van der Waals surface area contributed by atoms with Gasteiger partial charge in [-0.15, -0.1) is 0 Å². The highest BCUT2D eigenvalue weighted by molar-refractivity contribution is 6.03.